The van der Waals surface area contributed by atoms with E-state index in [1.54, 1.807) is 0 Å². The normalized spacial score (nSPS) is 34.9. The molecule has 0 spiro atoms. The molecule has 0 unspecified atom stereocenters. The Balaban J connectivity index is 1.85. The minimum atomic E-state index is -2.15. The van der Waals surface area contributed by atoms with Crippen LogP contribution in [0.25, 0.3) is 0 Å². The summed E-state index contributed by atoms with van der Waals surface area (Å²) in [6.07, 6.45) is -3.52. The van der Waals surface area contributed by atoms with E-state index in [9.17, 15) is 5.11 Å². The van der Waals surface area contributed by atoms with Crippen LogP contribution in [0, 0.1) is 0 Å². The summed E-state index contributed by atoms with van der Waals surface area (Å²) in [6, 6.07) is 9.78. The number of aliphatic hydroxyl groups is 1. The lowest BCUT2D eigenvalue weighted by Crippen LogP contribution is -2.65. The van der Waals surface area contributed by atoms with Gasteiger partial charge >= 0.3 is 0 Å². The fourth-order valence-electron chi connectivity index (χ4n) is 3.19. The van der Waals surface area contributed by atoms with Gasteiger partial charge in [-0.3, -0.25) is 0 Å². The second-order valence-corrected chi connectivity index (χ2v) is 13.5. The maximum atomic E-state index is 10.9. The molecule has 7 heteroatoms. The van der Waals surface area contributed by atoms with E-state index < -0.39 is 39.2 Å². The van der Waals surface area contributed by atoms with Gasteiger partial charge in [0.2, 0.25) is 0 Å². The molecule has 2 heterocycles. The lowest BCUT2D eigenvalue weighted by atomic mass is 9.98. The van der Waals surface area contributed by atoms with Crippen LogP contribution in [0.3, 0.4) is 0 Å². The Morgan fingerprint density at radius 3 is 2.37 bits per heavy atom. The molecule has 6 atom stereocenters. The molecule has 2 fully saturated rings. The molecule has 0 saturated carbocycles. The highest BCUT2D eigenvalue weighted by Crippen LogP contribution is 2.41. The third-order valence-electron chi connectivity index (χ3n) is 5.85. The van der Waals surface area contributed by atoms with Crippen molar-refractivity contribution >= 4 is 8.32 Å². The van der Waals surface area contributed by atoms with Crippen molar-refractivity contribution in [3.05, 3.63) is 35.9 Å². The van der Waals surface area contributed by atoms with Gasteiger partial charge in [0.05, 0.1) is 6.61 Å². The second-order valence-electron chi connectivity index (χ2n) is 8.79. The standard InChI is InChI=1S/C20H32O6Si/c1-20(2,3)27(5,6)26-17-15(21)19(22-4)24-14-12-23-18(25-16(14)17)13-10-8-7-9-11-13/h7-11,14-19,21H,12H2,1-6H3/t14-,15+,16-,17-,18-,19+/m1/s1. The first-order valence-electron chi connectivity index (χ1n) is 9.50. The molecule has 0 aromatic heterocycles. The average molecular weight is 397 g/mol. The first-order chi connectivity index (χ1) is 12.6. The molecule has 1 aromatic carbocycles. The van der Waals surface area contributed by atoms with Crippen LogP contribution in [0.4, 0.5) is 0 Å². The van der Waals surface area contributed by atoms with E-state index in [4.69, 9.17) is 23.4 Å². The number of benzene rings is 1. The van der Waals surface area contributed by atoms with E-state index in [2.05, 4.69) is 33.9 Å². The van der Waals surface area contributed by atoms with Crippen LogP contribution >= 0.6 is 0 Å². The highest BCUT2D eigenvalue weighted by atomic mass is 28.4. The summed E-state index contributed by atoms with van der Waals surface area (Å²) in [4.78, 5) is 0. The maximum Gasteiger partial charge on any atom is 0.192 e. The summed E-state index contributed by atoms with van der Waals surface area (Å²) in [6.45, 7) is 11.2. The summed E-state index contributed by atoms with van der Waals surface area (Å²) >= 11 is 0. The van der Waals surface area contributed by atoms with Crippen LogP contribution in [0.1, 0.15) is 32.6 Å². The first kappa shape index (κ1) is 20.9. The summed E-state index contributed by atoms with van der Waals surface area (Å²) in [7, 11) is -0.623. The predicted octanol–water partition coefficient (Wildman–Crippen LogP) is 3.22. The Morgan fingerprint density at radius 1 is 1.11 bits per heavy atom. The summed E-state index contributed by atoms with van der Waals surface area (Å²) in [5.74, 6) is 0. The molecule has 2 aliphatic rings. The van der Waals surface area contributed by atoms with E-state index in [0.29, 0.717) is 6.61 Å². The molecule has 0 amide bonds. The lowest BCUT2D eigenvalue weighted by Gasteiger charge is -2.50. The van der Waals surface area contributed by atoms with Crippen molar-refractivity contribution in [1.29, 1.82) is 0 Å². The Labute approximate surface area is 162 Å². The Hall–Kier alpha value is -0.803. The average Bonchev–Trinajstić information content (AvgIpc) is 2.63. The van der Waals surface area contributed by atoms with Gasteiger partial charge in [-0.25, -0.2) is 0 Å². The molecule has 0 bridgehead atoms. The van der Waals surface area contributed by atoms with E-state index in [1.165, 1.54) is 7.11 Å². The van der Waals surface area contributed by atoms with Crippen molar-refractivity contribution in [1.82, 2.24) is 0 Å². The molecule has 2 aliphatic heterocycles. The van der Waals surface area contributed by atoms with E-state index >= 15 is 0 Å². The van der Waals surface area contributed by atoms with Crippen molar-refractivity contribution in [2.45, 2.75) is 75.9 Å². The van der Waals surface area contributed by atoms with Crippen LogP contribution in [-0.4, -0.2) is 57.8 Å². The number of hydrogen-bond donors (Lipinski definition) is 1. The Kier molecular flexibility index (Phi) is 6.13. The number of aliphatic hydroxyl groups excluding tert-OH is 1. The van der Waals surface area contributed by atoms with Gasteiger partial charge in [-0.05, 0) is 18.1 Å². The Morgan fingerprint density at radius 2 is 1.78 bits per heavy atom. The zero-order chi connectivity index (χ0) is 19.8. The molecule has 152 valence electrons. The number of ether oxygens (including phenoxy) is 4. The zero-order valence-corrected chi connectivity index (χ0v) is 18.0. The van der Waals surface area contributed by atoms with Crippen LogP contribution in [-0.2, 0) is 23.4 Å². The van der Waals surface area contributed by atoms with Crippen molar-refractivity contribution in [3.8, 4) is 0 Å². The SMILES string of the molecule is CO[C@H]1O[C@@H]2CO[C@@H](c3ccccc3)O[C@H]2[C@H](O[Si](C)(C)C(C)(C)C)[C@@H]1O. The van der Waals surface area contributed by atoms with Crippen LogP contribution in [0.2, 0.25) is 18.1 Å². The molecule has 0 aliphatic carbocycles. The predicted molar refractivity (Wildman–Crippen MR) is 104 cm³/mol. The molecule has 0 radical (unpaired) electrons. The topological polar surface area (TPSA) is 66.4 Å². The number of fused-ring (bicyclic) bond motifs is 1. The van der Waals surface area contributed by atoms with Crippen molar-refractivity contribution in [3.63, 3.8) is 0 Å². The number of methoxy groups -OCH3 is 1. The summed E-state index contributed by atoms with van der Waals surface area (Å²) in [5, 5.41) is 10.9. The monoisotopic (exact) mass is 396 g/mol. The van der Waals surface area contributed by atoms with Crippen LogP contribution in [0.5, 0.6) is 0 Å². The molecule has 3 rings (SSSR count). The van der Waals surface area contributed by atoms with Crippen LogP contribution in [0.15, 0.2) is 30.3 Å². The molecule has 1 N–H and O–H groups in total. The van der Waals surface area contributed by atoms with Gasteiger partial charge in [-0.2, -0.15) is 0 Å². The molecule has 6 nitrogen and oxygen atoms in total. The van der Waals surface area contributed by atoms with E-state index in [-0.39, 0.29) is 11.1 Å². The number of rotatable bonds is 4. The lowest BCUT2D eigenvalue weighted by molar-refractivity contribution is -0.356. The highest BCUT2D eigenvalue weighted by molar-refractivity contribution is 6.74. The minimum Gasteiger partial charge on any atom is -0.408 e. The largest absolute Gasteiger partial charge is 0.408 e. The van der Waals surface area contributed by atoms with Crippen molar-refractivity contribution in [2.75, 3.05) is 13.7 Å². The van der Waals surface area contributed by atoms with Crippen molar-refractivity contribution in [2.24, 2.45) is 0 Å². The van der Waals surface area contributed by atoms with E-state index in [1.807, 2.05) is 30.3 Å². The third-order valence-corrected chi connectivity index (χ3v) is 10.3. The molecule has 2 saturated heterocycles. The maximum absolute atomic E-state index is 10.9. The molecule has 27 heavy (non-hydrogen) atoms. The molecule has 1 aromatic rings. The zero-order valence-electron chi connectivity index (χ0n) is 17.0. The van der Waals surface area contributed by atoms with Gasteiger partial charge in [0, 0.05) is 12.7 Å². The van der Waals surface area contributed by atoms with Gasteiger partial charge in [0.1, 0.15) is 24.4 Å². The minimum absolute atomic E-state index is 0.00703. The Bertz CT molecular complexity index is 617. The van der Waals surface area contributed by atoms with Gasteiger partial charge < -0.3 is 28.5 Å². The highest BCUT2D eigenvalue weighted by Gasteiger charge is 2.53. The fraction of sp³-hybridized carbons (Fsp3) is 0.700. The van der Waals surface area contributed by atoms with Gasteiger partial charge in [0.15, 0.2) is 20.9 Å². The summed E-state index contributed by atoms with van der Waals surface area (Å²) in [5.41, 5.74) is 0.936. The quantitative estimate of drug-likeness (QED) is 0.789. The second kappa shape index (κ2) is 7.91. The molecular weight excluding hydrogens is 364 g/mol. The fourth-order valence-corrected chi connectivity index (χ4v) is 4.50. The molecular formula is C20H32O6Si. The van der Waals surface area contributed by atoms with Gasteiger partial charge in [-0.15, -0.1) is 0 Å². The first-order valence-corrected chi connectivity index (χ1v) is 12.4. The van der Waals surface area contributed by atoms with Gasteiger partial charge in [0.25, 0.3) is 0 Å². The smallest absolute Gasteiger partial charge is 0.192 e. The number of hydrogen-bond acceptors (Lipinski definition) is 6. The third kappa shape index (κ3) is 4.29. The van der Waals surface area contributed by atoms with Gasteiger partial charge in [-0.1, -0.05) is 51.1 Å². The van der Waals surface area contributed by atoms with E-state index in [0.717, 1.165) is 5.56 Å². The van der Waals surface area contributed by atoms with Crippen LogP contribution < -0.4 is 0 Å². The summed E-state index contributed by atoms with van der Waals surface area (Å²) < 4.78 is 29.9. The van der Waals surface area contributed by atoms with Crippen molar-refractivity contribution < 1.29 is 28.5 Å².